The molecule has 1 N–H and O–H groups in total. The lowest BCUT2D eigenvalue weighted by Crippen LogP contribution is -2.27. The molecular weight excluding hydrogens is 333 g/mol. The highest BCUT2D eigenvalue weighted by molar-refractivity contribution is 7.89. The average Bonchev–Trinajstić information content (AvgIpc) is 3.09. The average molecular weight is 349 g/mol. The van der Waals surface area contributed by atoms with E-state index in [1.165, 1.54) is 40.7 Å². The minimum atomic E-state index is -3.53. The summed E-state index contributed by atoms with van der Waals surface area (Å²) in [5.74, 6) is -2.19. The summed E-state index contributed by atoms with van der Waals surface area (Å²) in [7, 11) is -3.53. The Morgan fingerprint density at radius 3 is 2.25 bits per heavy atom. The van der Waals surface area contributed by atoms with Gasteiger partial charge in [0.05, 0.1) is 4.90 Å². The summed E-state index contributed by atoms with van der Waals surface area (Å²) in [5.41, 5.74) is 0.243. The van der Waals surface area contributed by atoms with Gasteiger partial charge < -0.3 is 5.11 Å². The Morgan fingerprint density at radius 1 is 1.04 bits per heavy atom. The zero-order chi connectivity index (χ0) is 17.3. The first-order valence-corrected chi connectivity index (χ1v) is 8.97. The van der Waals surface area contributed by atoms with Gasteiger partial charge in [-0.05, 0) is 42.2 Å². The van der Waals surface area contributed by atoms with E-state index < -0.39 is 27.4 Å². The van der Waals surface area contributed by atoms with E-state index in [1.54, 1.807) is 0 Å². The van der Waals surface area contributed by atoms with Crippen molar-refractivity contribution in [3.8, 4) is 11.1 Å². The van der Waals surface area contributed by atoms with Crippen molar-refractivity contribution in [3.63, 3.8) is 0 Å². The molecule has 24 heavy (non-hydrogen) atoms. The van der Waals surface area contributed by atoms with Crippen LogP contribution in [0.25, 0.3) is 11.1 Å². The fraction of sp³-hybridized carbons (Fsp3) is 0.235. The lowest BCUT2D eigenvalue weighted by molar-refractivity contribution is 0.0693. The first-order valence-electron chi connectivity index (χ1n) is 7.53. The Morgan fingerprint density at radius 2 is 1.67 bits per heavy atom. The minimum absolute atomic E-state index is 0.154. The van der Waals surface area contributed by atoms with Gasteiger partial charge in [0.2, 0.25) is 10.0 Å². The number of aromatic carboxylic acids is 1. The summed E-state index contributed by atoms with van der Waals surface area (Å²) in [6.45, 7) is 1.02. The maximum absolute atomic E-state index is 13.8. The zero-order valence-electron chi connectivity index (χ0n) is 12.8. The fourth-order valence-electron chi connectivity index (χ4n) is 2.87. The number of benzene rings is 2. The SMILES string of the molecule is O=C(O)c1c(F)cccc1-c1ccc(S(=O)(=O)N2CCCC2)cc1. The number of carboxylic acid groups (broad SMARTS) is 1. The molecular formula is C17H16FNO4S. The molecule has 7 heteroatoms. The number of carboxylic acids is 1. The third kappa shape index (κ3) is 2.92. The van der Waals surface area contributed by atoms with Crippen molar-refractivity contribution in [2.75, 3.05) is 13.1 Å². The van der Waals surface area contributed by atoms with Gasteiger partial charge >= 0.3 is 5.97 Å². The van der Waals surface area contributed by atoms with Crippen molar-refractivity contribution in [1.29, 1.82) is 0 Å². The molecule has 0 amide bonds. The van der Waals surface area contributed by atoms with Crippen LogP contribution in [0.5, 0.6) is 0 Å². The summed E-state index contributed by atoms with van der Waals surface area (Å²) in [6, 6.07) is 9.87. The molecule has 0 atom stereocenters. The van der Waals surface area contributed by atoms with Crippen LogP contribution in [0.15, 0.2) is 47.4 Å². The molecule has 0 unspecified atom stereocenters. The van der Waals surface area contributed by atoms with E-state index in [9.17, 15) is 22.7 Å². The largest absolute Gasteiger partial charge is 0.478 e. The second-order valence-electron chi connectivity index (χ2n) is 5.60. The standard InChI is InChI=1S/C17H16FNO4S/c18-15-5-3-4-14(16(15)17(20)21)12-6-8-13(9-7-12)24(22,23)19-10-1-2-11-19/h3-9H,1-2,10-11H2,(H,20,21). The molecule has 0 aliphatic carbocycles. The Labute approximate surface area is 139 Å². The summed E-state index contributed by atoms with van der Waals surface area (Å²) >= 11 is 0. The molecule has 2 aromatic carbocycles. The third-order valence-electron chi connectivity index (χ3n) is 4.10. The predicted molar refractivity (Wildman–Crippen MR) is 86.8 cm³/mol. The Balaban J connectivity index is 1.99. The first kappa shape index (κ1) is 16.6. The van der Waals surface area contributed by atoms with Gasteiger partial charge in [-0.25, -0.2) is 17.6 Å². The van der Waals surface area contributed by atoms with Gasteiger partial charge in [0.1, 0.15) is 11.4 Å². The van der Waals surface area contributed by atoms with Crippen LogP contribution in [-0.2, 0) is 10.0 Å². The Bertz CT molecular complexity index is 872. The van der Waals surface area contributed by atoms with E-state index in [4.69, 9.17) is 0 Å². The van der Waals surface area contributed by atoms with Crippen molar-refractivity contribution < 1.29 is 22.7 Å². The number of nitrogens with zero attached hydrogens (tertiary/aromatic N) is 1. The van der Waals surface area contributed by atoms with Crippen LogP contribution in [0, 0.1) is 5.82 Å². The van der Waals surface area contributed by atoms with Crippen LogP contribution in [-0.4, -0.2) is 36.9 Å². The van der Waals surface area contributed by atoms with Crippen molar-refractivity contribution in [1.82, 2.24) is 4.31 Å². The molecule has 1 fully saturated rings. The van der Waals surface area contributed by atoms with E-state index in [0.29, 0.717) is 18.7 Å². The van der Waals surface area contributed by atoms with Crippen LogP contribution in [0.2, 0.25) is 0 Å². The number of carbonyl (C=O) groups is 1. The molecule has 0 saturated carbocycles. The number of rotatable bonds is 4. The number of sulfonamides is 1. The maximum atomic E-state index is 13.8. The molecule has 3 rings (SSSR count). The first-order chi connectivity index (χ1) is 11.4. The fourth-order valence-corrected chi connectivity index (χ4v) is 4.38. The summed E-state index contributed by atoms with van der Waals surface area (Å²) in [6.07, 6.45) is 1.70. The molecule has 1 saturated heterocycles. The van der Waals surface area contributed by atoms with E-state index >= 15 is 0 Å². The smallest absolute Gasteiger partial charge is 0.339 e. The molecule has 5 nitrogen and oxygen atoms in total. The lowest BCUT2D eigenvalue weighted by Gasteiger charge is -2.16. The van der Waals surface area contributed by atoms with Crippen LogP contribution >= 0.6 is 0 Å². The highest BCUT2D eigenvalue weighted by Crippen LogP contribution is 2.28. The van der Waals surface area contributed by atoms with Gasteiger partial charge in [-0.2, -0.15) is 4.31 Å². The second kappa shape index (κ2) is 6.33. The Hall–Kier alpha value is -2.25. The van der Waals surface area contributed by atoms with Gasteiger partial charge in [0, 0.05) is 13.1 Å². The normalized spacial score (nSPS) is 15.5. The van der Waals surface area contributed by atoms with Gasteiger partial charge in [-0.15, -0.1) is 0 Å². The molecule has 0 spiro atoms. The van der Waals surface area contributed by atoms with Crippen molar-refractivity contribution in [2.45, 2.75) is 17.7 Å². The zero-order valence-corrected chi connectivity index (χ0v) is 13.6. The number of hydrogen-bond acceptors (Lipinski definition) is 3. The van der Waals surface area contributed by atoms with E-state index in [-0.39, 0.29) is 10.5 Å². The molecule has 2 aromatic rings. The third-order valence-corrected chi connectivity index (χ3v) is 6.01. The second-order valence-corrected chi connectivity index (χ2v) is 7.54. The molecule has 1 heterocycles. The monoisotopic (exact) mass is 349 g/mol. The maximum Gasteiger partial charge on any atom is 0.339 e. The highest BCUT2D eigenvalue weighted by atomic mass is 32.2. The van der Waals surface area contributed by atoms with E-state index in [0.717, 1.165) is 18.9 Å². The van der Waals surface area contributed by atoms with Crippen LogP contribution in [0.3, 0.4) is 0 Å². The van der Waals surface area contributed by atoms with Crippen LogP contribution < -0.4 is 0 Å². The molecule has 0 aromatic heterocycles. The predicted octanol–water partition coefficient (Wildman–Crippen LogP) is 2.98. The summed E-state index contributed by atoms with van der Waals surface area (Å²) in [5, 5.41) is 9.19. The van der Waals surface area contributed by atoms with Crippen LogP contribution in [0.4, 0.5) is 4.39 Å². The Kier molecular flexibility index (Phi) is 4.38. The highest BCUT2D eigenvalue weighted by Gasteiger charge is 2.27. The van der Waals surface area contributed by atoms with Crippen molar-refractivity contribution in [2.24, 2.45) is 0 Å². The quantitative estimate of drug-likeness (QED) is 0.921. The molecule has 0 radical (unpaired) electrons. The number of hydrogen-bond donors (Lipinski definition) is 1. The van der Waals surface area contributed by atoms with Crippen LogP contribution in [0.1, 0.15) is 23.2 Å². The van der Waals surface area contributed by atoms with Gasteiger partial charge in [-0.3, -0.25) is 0 Å². The molecule has 126 valence electrons. The van der Waals surface area contributed by atoms with Gasteiger partial charge in [-0.1, -0.05) is 24.3 Å². The van der Waals surface area contributed by atoms with Gasteiger partial charge in [0.15, 0.2) is 0 Å². The molecule has 1 aliphatic rings. The van der Waals surface area contributed by atoms with Crippen molar-refractivity contribution in [3.05, 3.63) is 53.8 Å². The van der Waals surface area contributed by atoms with Crippen molar-refractivity contribution >= 4 is 16.0 Å². The number of halogens is 1. The molecule has 0 bridgehead atoms. The molecule has 1 aliphatic heterocycles. The lowest BCUT2D eigenvalue weighted by atomic mass is 9.99. The summed E-state index contributed by atoms with van der Waals surface area (Å²) < 4.78 is 40.2. The van der Waals surface area contributed by atoms with Gasteiger partial charge in [0.25, 0.3) is 0 Å². The van der Waals surface area contributed by atoms with E-state index in [2.05, 4.69) is 0 Å². The minimum Gasteiger partial charge on any atom is -0.478 e. The topological polar surface area (TPSA) is 74.7 Å². The van der Waals surface area contributed by atoms with E-state index in [1.807, 2.05) is 0 Å². The summed E-state index contributed by atoms with van der Waals surface area (Å²) in [4.78, 5) is 11.4.